The SMILES string of the molecule is O=C(NC1CCCNC1)c1ccc(Br)c(F)c1. The minimum atomic E-state index is -0.417. The van der Waals surface area contributed by atoms with Crippen LogP contribution in [-0.2, 0) is 0 Å². The normalized spacial score (nSPS) is 20.0. The highest BCUT2D eigenvalue weighted by Crippen LogP contribution is 2.16. The van der Waals surface area contributed by atoms with Crippen molar-refractivity contribution in [1.29, 1.82) is 0 Å². The molecule has 2 rings (SSSR count). The molecule has 5 heteroatoms. The average molecular weight is 301 g/mol. The van der Waals surface area contributed by atoms with Crippen molar-refractivity contribution in [2.45, 2.75) is 18.9 Å². The summed E-state index contributed by atoms with van der Waals surface area (Å²) in [6, 6.07) is 4.54. The molecule has 1 unspecified atom stereocenters. The maximum Gasteiger partial charge on any atom is 0.251 e. The lowest BCUT2D eigenvalue weighted by Crippen LogP contribution is -2.45. The highest BCUT2D eigenvalue weighted by molar-refractivity contribution is 9.10. The van der Waals surface area contributed by atoms with Gasteiger partial charge in [0.05, 0.1) is 4.47 Å². The van der Waals surface area contributed by atoms with Gasteiger partial charge in [-0.15, -0.1) is 0 Å². The second-order valence-corrected chi connectivity index (χ2v) is 5.00. The zero-order valence-corrected chi connectivity index (χ0v) is 10.9. The molecule has 0 radical (unpaired) electrons. The number of carbonyl (C=O) groups excluding carboxylic acids is 1. The van der Waals surface area contributed by atoms with Crippen molar-refractivity contribution in [2.24, 2.45) is 0 Å². The Hall–Kier alpha value is -0.940. The molecule has 1 aliphatic rings. The van der Waals surface area contributed by atoms with Crippen LogP contribution < -0.4 is 10.6 Å². The second kappa shape index (κ2) is 5.60. The van der Waals surface area contributed by atoms with Gasteiger partial charge in [0, 0.05) is 18.2 Å². The number of hydrogen-bond acceptors (Lipinski definition) is 2. The summed E-state index contributed by atoms with van der Waals surface area (Å²) in [5, 5.41) is 6.11. The maximum absolute atomic E-state index is 13.3. The monoisotopic (exact) mass is 300 g/mol. The Morgan fingerprint density at radius 3 is 3.00 bits per heavy atom. The predicted molar refractivity (Wildman–Crippen MR) is 67.5 cm³/mol. The predicted octanol–water partition coefficient (Wildman–Crippen LogP) is 2.07. The molecule has 0 bridgehead atoms. The van der Waals surface area contributed by atoms with Gasteiger partial charge in [-0.05, 0) is 53.5 Å². The largest absolute Gasteiger partial charge is 0.348 e. The van der Waals surface area contributed by atoms with Gasteiger partial charge in [0.1, 0.15) is 5.82 Å². The van der Waals surface area contributed by atoms with Gasteiger partial charge in [0.2, 0.25) is 0 Å². The van der Waals surface area contributed by atoms with E-state index in [1.54, 1.807) is 12.1 Å². The topological polar surface area (TPSA) is 41.1 Å². The van der Waals surface area contributed by atoms with Crippen molar-refractivity contribution in [2.75, 3.05) is 13.1 Å². The van der Waals surface area contributed by atoms with E-state index in [0.717, 1.165) is 25.9 Å². The number of piperidine rings is 1. The molecule has 0 spiro atoms. The molecule has 92 valence electrons. The van der Waals surface area contributed by atoms with E-state index in [1.807, 2.05) is 0 Å². The molecule has 1 aromatic rings. The molecule has 0 aliphatic carbocycles. The first-order chi connectivity index (χ1) is 8.16. The lowest BCUT2D eigenvalue weighted by Gasteiger charge is -2.23. The third-order valence-corrected chi connectivity index (χ3v) is 3.46. The number of nitrogens with one attached hydrogen (secondary N) is 2. The molecular weight excluding hydrogens is 287 g/mol. The van der Waals surface area contributed by atoms with Gasteiger partial charge < -0.3 is 10.6 Å². The first-order valence-corrected chi connectivity index (χ1v) is 6.43. The highest BCUT2D eigenvalue weighted by Gasteiger charge is 2.16. The van der Waals surface area contributed by atoms with Crippen LogP contribution in [0.3, 0.4) is 0 Å². The third-order valence-electron chi connectivity index (χ3n) is 2.81. The van der Waals surface area contributed by atoms with E-state index < -0.39 is 5.82 Å². The summed E-state index contributed by atoms with van der Waals surface area (Å²) in [5.74, 6) is -0.635. The van der Waals surface area contributed by atoms with Crippen LogP contribution in [-0.4, -0.2) is 25.0 Å². The molecule has 17 heavy (non-hydrogen) atoms. The Labute approximate surface area is 108 Å². The summed E-state index contributed by atoms with van der Waals surface area (Å²) in [4.78, 5) is 11.9. The van der Waals surface area contributed by atoms with Crippen LogP contribution in [0.1, 0.15) is 23.2 Å². The summed E-state index contributed by atoms with van der Waals surface area (Å²) in [6.45, 7) is 1.78. The van der Waals surface area contributed by atoms with Crippen LogP contribution in [0.15, 0.2) is 22.7 Å². The van der Waals surface area contributed by atoms with Crippen LogP contribution in [0, 0.1) is 5.82 Å². The Kier molecular flexibility index (Phi) is 4.12. The molecule has 1 aromatic carbocycles. The van der Waals surface area contributed by atoms with Gasteiger partial charge in [-0.25, -0.2) is 4.39 Å². The van der Waals surface area contributed by atoms with E-state index >= 15 is 0 Å². The molecule has 1 amide bonds. The zero-order chi connectivity index (χ0) is 12.3. The van der Waals surface area contributed by atoms with E-state index in [1.165, 1.54) is 6.07 Å². The average Bonchev–Trinajstić information content (AvgIpc) is 2.34. The highest BCUT2D eigenvalue weighted by atomic mass is 79.9. The lowest BCUT2D eigenvalue weighted by atomic mass is 10.1. The quantitative estimate of drug-likeness (QED) is 0.878. The van der Waals surface area contributed by atoms with Crippen LogP contribution >= 0.6 is 15.9 Å². The van der Waals surface area contributed by atoms with Crippen molar-refractivity contribution in [1.82, 2.24) is 10.6 Å². The Morgan fingerprint density at radius 2 is 2.35 bits per heavy atom. The van der Waals surface area contributed by atoms with Gasteiger partial charge in [-0.3, -0.25) is 4.79 Å². The van der Waals surface area contributed by atoms with Crippen molar-refractivity contribution in [3.8, 4) is 0 Å². The molecule has 1 fully saturated rings. The number of rotatable bonds is 2. The number of amides is 1. The van der Waals surface area contributed by atoms with E-state index in [0.29, 0.717) is 10.0 Å². The van der Waals surface area contributed by atoms with Crippen LogP contribution in [0.5, 0.6) is 0 Å². The zero-order valence-electron chi connectivity index (χ0n) is 9.30. The maximum atomic E-state index is 13.3. The lowest BCUT2D eigenvalue weighted by molar-refractivity contribution is 0.0930. The van der Waals surface area contributed by atoms with Crippen LogP contribution in [0.2, 0.25) is 0 Å². The minimum absolute atomic E-state index is 0.142. The van der Waals surface area contributed by atoms with Crippen molar-refractivity contribution >= 4 is 21.8 Å². The molecule has 1 saturated heterocycles. The fourth-order valence-electron chi connectivity index (χ4n) is 1.88. The molecular formula is C12H14BrFN2O. The number of benzene rings is 1. The standard InChI is InChI=1S/C12H14BrFN2O/c13-10-4-3-8(6-11(10)14)12(17)16-9-2-1-5-15-7-9/h3-4,6,9,15H,1-2,5,7H2,(H,16,17). The minimum Gasteiger partial charge on any atom is -0.348 e. The van der Waals surface area contributed by atoms with Crippen molar-refractivity contribution < 1.29 is 9.18 Å². The summed E-state index contributed by atoms with van der Waals surface area (Å²) in [5.41, 5.74) is 0.358. The molecule has 2 N–H and O–H groups in total. The van der Waals surface area contributed by atoms with Gasteiger partial charge in [-0.1, -0.05) is 0 Å². The first-order valence-electron chi connectivity index (χ1n) is 5.63. The third kappa shape index (κ3) is 3.26. The van der Waals surface area contributed by atoms with Crippen LogP contribution in [0.25, 0.3) is 0 Å². The van der Waals surface area contributed by atoms with Crippen LogP contribution in [0.4, 0.5) is 4.39 Å². The molecule has 3 nitrogen and oxygen atoms in total. The van der Waals surface area contributed by atoms with Gasteiger partial charge in [-0.2, -0.15) is 0 Å². The summed E-state index contributed by atoms with van der Waals surface area (Å²) in [7, 11) is 0. The van der Waals surface area contributed by atoms with E-state index in [-0.39, 0.29) is 11.9 Å². The van der Waals surface area contributed by atoms with E-state index in [4.69, 9.17) is 0 Å². The molecule has 1 heterocycles. The van der Waals surface area contributed by atoms with E-state index in [2.05, 4.69) is 26.6 Å². The summed E-state index contributed by atoms with van der Waals surface area (Å²) in [6.07, 6.45) is 2.03. The van der Waals surface area contributed by atoms with Gasteiger partial charge in [0.15, 0.2) is 0 Å². The van der Waals surface area contributed by atoms with E-state index in [9.17, 15) is 9.18 Å². The summed E-state index contributed by atoms with van der Waals surface area (Å²) >= 11 is 3.06. The second-order valence-electron chi connectivity index (χ2n) is 4.15. The summed E-state index contributed by atoms with van der Waals surface area (Å²) < 4.78 is 13.6. The van der Waals surface area contributed by atoms with Crippen molar-refractivity contribution in [3.63, 3.8) is 0 Å². The molecule has 1 atom stereocenters. The van der Waals surface area contributed by atoms with Gasteiger partial charge >= 0.3 is 0 Å². The first kappa shape index (κ1) is 12.5. The van der Waals surface area contributed by atoms with Gasteiger partial charge in [0.25, 0.3) is 5.91 Å². The number of halogens is 2. The number of hydrogen-bond donors (Lipinski definition) is 2. The molecule has 0 aromatic heterocycles. The van der Waals surface area contributed by atoms with Crippen molar-refractivity contribution in [3.05, 3.63) is 34.1 Å². The Bertz CT molecular complexity index is 419. The fraction of sp³-hybridized carbons (Fsp3) is 0.417. The molecule has 0 saturated carbocycles. The number of carbonyl (C=O) groups is 1. The Morgan fingerprint density at radius 1 is 1.53 bits per heavy atom. The Balaban J connectivity index is 2.01. The fourth-order valence-corrected chi connectivity index (χ4v) is 2.13. The smallest absolute Gasteiger partial charge is 0.251 e. The molecule has 1 aliphatic heterocycles.